The number of benzene rings is 2. The molecular formula is C25H29FN2O3. The van der Waals surface area contributed by atoms with Crippen LogP contribution in [0.2, 0.25) is 0 Å². The minimum Gasteiger partial charge on any atom is -0.423 e. The summed E-state index contributed by atoms with van der Waals surface area (Å²) in [6, 6.07) is 11.6. The Kier molecular flexibility index (Phi) is 7.23. The molecule has 0 saturated heterocycles. The first-order valence-electron chi connectivity index (χ1n) is 10.6. The van der Waals surface area contributed by atoms with Crippen molar-refractivity contribution in [2.24, 2.45) is 0 Å². The number of nitrogens with zero attached hydrogens (tertiary/aromatic N) is 1. The highest BCUT2D eigenvalue weighted by Gasteiger charge is 2.15. The van der Waals surface area contributed by atoms with Crippen molar-refractivity contribution in [3.63, 3.8) is 0 Å². The first-order valence-corrected chi connectivity index (χ1v) is 10.6. The van der Waals surface area contributed by atoms with Crippen LogP contribution in [0.3, 0.4) is 0 Å². The normalized spacial score (nSPS) is 11.5. The molecule has 0 aliphatic heterocycles. The topological polar surface area (TPSA) is 62.6 Å². The van der Waals surface area contributed by atoms with Crippen LogP contribution in [0.5, 0.6) is 0 Å². The minimum atomic E-state index is -0.393. The zero-order valence-electron chi connectivity index (χ0n) is 18.5. The highest BCUT2D eigenvalue weighted by atomic mass is 19.1. The number of amides is 1. The van der Waals surface area contributed by atoms with Gasteiger partial charge in [-0.05, 0) is 65.9 Å². The van der Waals surface area contributed by atoms with Gasteiger partial charge in [-0.25, -0.2) is 9.18 Å². The summed E-state index contributed by atoms with van der Waals surface area (Å²) in [6.45, 7) is 9.91. The third-order valence-corrected chi connectivity index (χ3v) is 5.45. The van der Waals surface area contributed by atoms with E-state index in [2.05, 4.69) is 25.2 Å². The quantitative estimate of drug-likeness (QED) is 0.541. The van der Waals surface area contributed by atoms with Crippen LogP contribution in [-0.4, -0.2) is 23.9 Å². The Morgan fingerprint density at radius 1 is 1.16 bits per heavy atom. The summed E-state index contributed by atoms with van der Waals surface area (Å²) in [5.41, 5.74) is 4.16. The maximum Gasteiger partial charge on any atom is 0.336 e. The second kappa shape index (κ2) is 9.88. The van der Waals surface area contributed by atoms with Gasteiger partial charge in [0.05, 0.1) is 6.54 Å². The molecule has 0 bridgehead atoms. The second-order valence-corrected chi connectivity index (χ2v) is 8.16. The molecule has 3 rings (SSSR count). The number of rotatable bonds is 8. The van der Waals surface area contributed by atoms with Gasteiger partial charge in [0.1, 0.15) is 11.4 Å². The highest BCUT2D eigenvalue weighted by Crippen LogP contribution is 2.27. The number of hydrogen-bond acceptors (Lipinski definition) is 4. The number of hydrogen-bond donors (Lipinski definition) is 1. The van der Waals surface area contributed by atoms with Gasteiger partial charge in [-0.3, -0.25) is 9.69 Å². The smallest absolute Gasteiger partial charge is 0.336 e. The molecule has 164 valence electrons. The van der Waals surface area contributed by atoms with Crippen molar-refractivity contribution in [2.75, 3.05) is 13.1 Å². The molecule has 0 spiro atoms. The summed E-state index contributed by atoms with van der Waals surface area (Å²) >= 11 is 0. The van der Waals surface area contributed by atoms with Crippen molar-refractivity contribution in [3.8, 4) is 0 Å². The SMILES string of the molecule is CCN(CC(=O)NCc1ccc(F)cc1)Cc1cc(=O)oc2cc(C)c(C(C)C)cc12. The van der Waals surface area contributed by atoms with Gasteiger partial charge in [0.2, 0.25) is 5.91 Å². The fourth-order valence-electron chi connectivity index (χ4n) is 3.73. The lowest BCUT2D eigenvalue weighted by Crippen LogP contribution is -2.36. The maximum absolute atomic E-state index is 13.0. The van der Waals surface area contributed by atoms with Gasteiger partial charge in [-0.2, -0.15) is 0 Å². The summed E-state index contributed by atoms with van der Waals surface area (Å²) in [6.07, 6.45) is 0. The molecule has 31 heavy (non-hydrogen) atoms. The summed E-state index contributed by atoms with van der Waals surface area (Å²) in [4.78, 5) is 26.5. The Bertz CT molecular complexity index is 1120. The van der Waals surface area contributed by atoms with Gasteiger partial charge in [0, 0.05) is 24.5 Å². The summed E-state index contributed by atoms with van der Waals surface area (Å²) in [5.74, 6) is -0.0801. The number of carbonyl (C=O) groups is 1. The van der Waals surface area contributed by atoms with Crippen molar-refractivity contribution in [1.82, 2.24) is 10.2 Å². The Labute approximate surface area is 181 Å². The molecule has 1 aromatic heterocycles. The van der Waals surface area contributed by atoms with Crippen LogP contribution in [0.25, 0.3) is 11.0 Å². The fraction of sp³-hybridized carbons (Fsp3) is 0.360. The zero-order valence-corrected chi connectivity index (χ0v) is 18.5. The lowest BCUT2D eigenvalue weighted by atomic mass is 9.95. The Balaban J connectivity index is 1.75. The molecule has 3 aromatic rings. The number of nitrogens with one attached hydrogen (secondary N) is 1. The number of likely N-dealkylation sites (N-methyl/N-ethyl adjacent to an activating group) is 1. The van der Waals surface area contributed by atoms with Gasteiger partial charge >= 0.3 is 5.63 Å². The summed E-state index contributed by atoms with van der Waals surface area (Å²) < 4.78 is 18.4. The number of aryl methyl sites for hydroxylation is 1. The molecule has 5 nitrogen and oxygen atoms in total. The van der Waals surface area contributed by atoms with Crippen LogP contribution in [0.15, 0.2) is 51.7 Å². The molecule has 2 aromatic carbocycles. The van der Waals surface area contributed by atoms with Crippen molar-refractivity contribution in [2.45, 2.75) is 46.7 Å². The molecule has 0 aliphatic rings. The zero-order chi connectivity index (χ0) is 22.5. The Morgan fingerprint density at radius 2 is 1.87 bits per heavy atom. The van der Waals surface area contributed by atoms with E-state index in [1.54, 1.807) is 12.1 Å². The predicted molar refractivity (Wildman–Crippen MR) is 121 cm³/mol. The largest absolute Gasteiger partial charge is 0.423 e. The van der Waals surface area contributed by atoms with Gasteiger partial charge in [-0.1, -0.05) is 32.9 Å². The van der Waals surface area contributed by atoms with E-state index in [0.29, 0.717) is 31.1 Å². The average molecular weight is 425 g/mol. The molecule has 1 N–H and O–H groups in total. The molecule has 0 aliphatic carbocycles. The van der Waals surface area contributed by atoms with Crippen LogP contribution in [0, 0.1) is 12.7 Å². The van der Waals surface area contributed by atoms with Gasteiger partial charge in [0.25, 0.3) is 0 Å². The van der Waals surface area contributed by atoms with E-state index >= 15 is 0 Å². The van der Waals surface area contributed by atoms with E-state index < -0.39 is 5.63 Å². The highest BCUT2D eigenvalue weighted by molar-refractivity contribution is 5.82. The second-order valence-electron chi connectivity index (χ2n) is 8.16. The van der Waals surface area contributed by atoms with Crippen LogP contribution < -0.4 is 10.9 Å². The standard InChI is InChI=1S/C25H29FN2O3/c1-5-28(15-24(29)27-13-18-6-8-20(26)9-7-18)14-19-11-25(30)31-23-10-17(4)21(16(2)3)12-22(19)23/h6-12,16H,5,13-15H2,1-4H3,(H,27,29). The molecule has 0 unspecified atom stereocenters. The molecule has 0 radical (unpaired) electrons. The molecule has 6 heteroatoms. The van der Waals surface area contributed by atoms with Gasteiger partial charge < -0.3 is 9.73 Å². The van der Waals surface area contributed by atoms with Crippen LogP contribution >= 0.6 is 0 Å². The molecular weight excluding hydrogens is 395 g/mol. The molecule has 0 fully saturated rings. The lowest BCUT2D eigenvalue weighted by molar-refractivity contribution is -0.122. The maximum atomic E-state index is 13.0. The number of halogens is 1. The fourth-order valence-corrected chi connectivity index (χ4v) is 3.73. The van der Waals surface area contributed by atoms with Crippen molar-refractivity contribution < 1.29 is 13.6 Å². The van der Waals surface area contributed by atoms with Crippen molar-refractivity contribution in [1.29, 1.82) is 0 Å². The molecule has 0 saturated carbocycles. The van der Waals surface area contributed by atoms with E-state index in [-0.39, 0.29) is 18.3 Å². The molecule has 1 heterocycles. The third kappa shape index (κ3) is 5.79. The number of carbonyl (C=O) groups excluding carboxylic acids is 1. The van der Waals surface area contributed by atoms with Crippen LogP contribution in [-0.2, 0) is 17.9 Å². The first kappa shape index (κ1) is 22.7. The van der Waals surface area contributed by atoms with E-state index in [4.69, 9.17) is 4.42 Å². The third-order valence-electron chi connectivity index (χ3n) is 5.45. The summed E-state index contributed by atoms with van der Waals surface area (Å²) in [5, 5.41) is 3.77. The van der Waals surface area contributed by atoms with Gasteiger partial charge in [-0.15, -0.1) is 0 Å². The van der Waals surface area contributed by atoms with Crippen LogP contribution in [0.4, 0.5) is 4.39 Å². The lowest BCUT2D eigenvalue weighted by Gasteiger charge is -2.21. The Hall–Kier alpha value is -2.99. The minimum absolute atomic E-state index is 0.128. The van der Waals surface area contributed by atoms with Crippen molar-refractivity contribution in [3.05, 3.63) is 81.0 Å². The van der Waals surface area contributed by atoms with Gasteiger partial charge in [0.15, 0.2) is 0 Å². The molecule has 1 amide bonds. The first-order chi connectivity index (χ1) is 14.8. The number of fused-ring (bicyclic) bond motifs is 1. The van der Waals surface area contributed by atoms with Crippen molar-refractivity contribution >= 4 is 16.9 Å². The monoisotopic (exact) mass is 424 g/mol. The molecule has 0 atom stereocenters. The average Bonchev–Trinajstić information content (AvgIpc) is 2.72. The Morgan fingerprint density at radius 3 is 2.52 bits per heavy atom. The summed E-state index contributed by atoms with van der Waals surface area (Å²) in [7, 11) is 0. The van der Waals surface area contributed by atoms with E-state index in [0.717, 1.165) is 22.1 Å². The van der Waals surface area contributed by atoms with E-state index in [9.17, 15) is 14.0 Å². The van der Waals surface area contributed by atoms with E-state index in [1.165, 1.54) is 23.8 Å². The predicted octanol–water partition coefficient (Wildman–Crippen LogP) is 4.50. The van der Waals surface area contributed by atoms with E-state index in [1.807, 2.05) is 24.8 Å². The van der Waals surface area contributed by atoms with Crippen LogP contribution in [0.1, 0.15) is 48.9 Å².